The van der Waals surface area contributed by atoms with Crippen molar-refractivity contribution in [3.8, 4) is 0 Å². The number of ether oxygens (including phenoxy) is 1. The van der Waals surface area contributed by atoms with Crippen LogP contribution < -0.4 is 0 Å². The fraction of sp³-hybridized carbons (Fsp3) is 0.533. The molecule has 0 aliphatic carbocycles. The van der Waals surface area contributed by atoms with E-state index in [1.165, 1.54) is 16.7 Å². The molecule has 0 bridgehead atoms. The normalized spacial score (nSPS) is 25.1. The van der Waals surface area contributed by atoms with E-state index in [0.717, 1.165) is 5.56 Å². The molecule has 1 saturated heterocycles. The molecular weight excluding hydrogens is 304 g/mol. The zero-order valence-electron chi connectivity index (χ0n) is 13.1. The predicted molar refractivity (Wildman–Crippen MR) is 83.5 cm³/mol. The van der Waals surface area contributed by atoms with Gasteiger partial charge < -0.3 is 9.84 Å². The van der Waals surface area contributed by atoms with Crippen LogP contribution >= 0.6 is 11.8 Å². The molecule has 1 N–H and O–H groups in total. The highest BCUT2D eigenvalue weighted by Gasteiger charge is 2.52. The smallest absolute Gasteiger partial charge is 0.412 e. The molecule has 7 heteroatoms. The second kappa shape index (κ2) is 5.79. The Balaban J connectivity index is 2.41. The second-order valence-corrected chi connectivity index (χ2v) is 7.66. The lowest BCUT2D eigenvalue weighted by atomic mass is 10.1. The van der Waals surface area contributed by atoms with Crippen LogP contribution in [0.2, 0.25) is 0 Å². The van der Waals surface area contributed by atoms with Gasteiger partial charge in [-0.2, -0.15) is 0 Å². The molecule has 1 amide bonds. The first kappa shape index (κ1) is 16.6. The van der Waals surface area contributed by atoms with Crippen molar-refractivity contribution >= 4 is 23.8 Å². The Morgan fingerprint density at radius 1 is 1.50 bits per heavy atom. The highest BCUT2D eigenvalue weighted by molar-refractivity contribution is 8.00. The molecular formula is C15H20N2O4S. The molecule has 0 saturated carbocycles. The minimum absolute atomic E-state index is 0.306. The summed E-state index contributed by atoms with van der Waals surface area (Å²) >= 11 is 1.40. The summed E-state index contributed by atoms with van der Waals surface area (Å²) in [7, 11) is 0. The first-order valence-corrected chi connectivity index (χ1v) is 7.93. The number of aromatic nitrogens is 1. The third kappa shape index (κ3) is 3.19. The molecule has 6 nitrogen and oxygen atoms in total. The summed E-state index contributed by atoms with van der Waals surface area (Å²) < 4.78 is 5.41. The average molecular weight is 324 g/mol. The number of carboxylic acids is 1. The van der Waals surface area contributed by atoms with Gasteiger partial charge >= 0.3 is 12.1 Å². The number of hydrogen-bond acceptors (Lipinski definition) is 5. The molecule has 0 aromatic carbocycles. The third-order valence-electron chi connectivity index (χ3n) is 3.37. The molecule has 2 heterocycles. The van der Waals surface area contributed by atoms with Gasteiger partial charge in [-0.15, -0.1) is 11.8 Å². The van der Waals surface area contributed by atoms with Gasteiger partial charge in [0.15, 0.2) is 0 Å². The van der Waals surface area contributed by atoms with Gasteiger partial charge in [-0.3, -0.25) is 9.88 Å². The zero-order chi connectivity index (χ0) is 16.5. The fourth-order valence-corrected chi connectivity index (χ4v) is 3.74. The van der Waals surface area contributed by atoms with E-state index in [1.54, 1.807) is 39.2 Å². The maximum atomic E-state index is 12.6. The van der Waals surface area contributed by atoms with E-state index in [2.05, 4.69) is 4.98 Å². The van der Waals surface area contributed by atoms with Gasteiger partial charge in [0.05, 0.1) is 0 Å². The zero-order valence-corrected chi connectivity index (χ0v) is 13.9. The van der Waals surface area contributed by atoms with Gasteiger partial charge in [0.2, 0.25) is 0 Å². The van der Waals surface area contributed by atoms with Gasteiger partial charge in [0.25, 0.3) is 0 Å². The van der Waals surface area contributed by atoms with Crippen LogP contribution in [0.1, 0.15) is 33.3 Å². The van der Waals surface area contributed by atoms with Crippen molar-refractivity contribution in [2.75, 3.05) is 5.75 Å². The third-order valence-corrected chi connectivity index (χ3v) is 4.84. The van der Waals surface area contributed by atoms with Crippen LogP contribution in [0.4, 0.5) is 4.79 Å². The summed E-state index contributed by atoms with van der Waals surface area (Å²) in [6.07, 6.45) is 2.66. The number of aliphatic carboxylic acids is 1. The summed E-state index contributed by atoms with van der Waals surface area (Å²) in [5.41, 5.74) is 0.0816. The van der Waals surface area contributed by atoms with Crippen LogP contribution in [0.3, 0.4) is 0 Å². The Morgan fingerprint density at radius 3 is 2.68 bits per heavy atom. The van der Waals surface area contributed by atoms with Crippen LogP contribution in [-0.4, -0.2) is 44.4 Å². The summed E-state index contributed by atoms with van der Waals surface area (Å²) in [5, 5.41) is 9.43. The number of carbonyl (C=O) groups is 2. The first-order valence-electron chi connectivity index (χ1n) is 6.95. The van der Waals surface area contributed by atoms with Crippen LogP contribution in [0, 0.1) is 0 Å². The molecule has 0 spiro atoms. The molecule has 22 heavy (non-hydrogen) atoms. The Kier molecular flexibility index (Phi) is 4.37. The Hall–Kier alpha value is -1.76. The van der Waals surface area contributed by atoms with Crippen LogP contribution in [0.15, 0.2) is 24.5 Å². The molecule has 2 rings (SSSR count). The average Bonchev–Trinajstić information content (AvgIpc) is 2.77. The number of carboxylic acid groups (broad SMARTS) is 1. The van der Waals surface area contributed by atoms with Gasteiger partial charge in [0, 0.05) is 23.7 Å². The van der Waals surface area contributed by atoms with Crippen molar-refractivity contribution in [2.45, 2.75) is 44.2 Å². The summed E-state index contributed by atoms with van der Waals surface area (Å²) in [5.74, 6) is -0.731. The Bertz CT molecular complexity index is 573. The number of thioether (sulfide) groups is 1. The minimum Gasteiger partial charge on any atom is -0.480 e. The number of nitrogens with zero attached hydrogens (tertiary/aromatic N) is 2. The maximum absolute atomic E-state index is 12.6. The van der Waals surface area contributed by atoms with Crippen molar-refractivity contribution in [3.05, 3.63) is 30.1 Å². The van der Waals surface area contributed by atoms with Gasteiger partial charge in [-0.05, 0) is 33.8 Å². The number of rotatable bonds is 2. The molecule has 0 radical (unpaired) electrons. The summed E-state index contributed by atoms with van der Waals surface area (Å²) in [4.78, 5) is 28.7. The topological polar surface area (TPSA) is 79.7 Å². The quantitative estimate of drug-likeness (QED) is 0.901. The SMILES string of the molecule is CC(C)(C)OC(=O)N1C(C(=O)O)CSC1(C)c1cccnc1. The molecule has 1 fully saturated rings. The van der Waals surface area contributed by atoms with E-state index in [-0.39, 0.29) is 0 Å². The molecule has 2 atom stereocenters. The molecule has 1 aromatic rings. The van der Waals surface area contributed by atoms with E-state index in [1.807, 2.05) is 13.0 Å². The van der Waals surface area contributed by atoms with Crippen molar-refractivity contribution < 1.29 is 19.4 Å². The highest BCUT2D eigenvalue weighted by atomic mass is 32.2. The Morgan fingerprint density at radius 2 is 2.18 bits per heavy atom. The standard InChI is InChI=1S/C15H20N2O4S/c1-14(2,3)21-13(20)17-11(12(18)19)9-22-15(17,4)10-6-5-7-16-8-10/h5-8,11H,9H2,1-4H3,(H,18,19). The van der Waals surface area contributed by atoms with Crippen LogP contribution in [0.5, 0.6) is 0 Å². The monoisotopic (exact) mass is 324 g/mol. The fourth-order valence-electron chi connectivity index (χ4n) is 2.34. The summed E-state index contributed by atoms with van der Waals surface area (Å²) in [6.45, 7) is 7.09. The molecule has 1 aromatic heterocycles. The van der Waals surface area contributed by atoms with Crippen molar-refractivity contribution in [1.29, 1.82) is 0 Å². The van der Waals surface area contributed by atoms with Gasteiger partial charge in [0.1, 0.15) is 16.5 Å². The lowest BCUT2D eigenvalue weighted by Gasteiger charge is -2.37. The Labute approximate surface area is 133 Å². The lowest BCUT2D eigenvalue weighted by molar-refractivity contribution is -0.142. The number of amides is 1. The number of carbonyl (C=O) groups excluding carboxylic acids is 1. The predicted octanol–water partition coefficient (Wildman–Crippen LogP) is 2.69. The number of pyridine rings is 1. The lowest BCUT2D eigenvalue weighted by Crippen LogP contribution is -2.51. The van der Waals surface area contributed by atoms with Crippen molar-refractivity contribution in [3.63, 3.8) is 0 Å². The van der Waals surface area contributed by atoms with E-state index in [0.29, 0.717) is 5.75 Å². The first-order chi connectivity index (χ1) is 10.1. The number of hydrogen-bond donors (Lipinski definition) is 1. The molecule has 1 aliphatic rings. The van der Waals surface area contributed by atoms with Gasteiger partial charge in [-0.25, -0.2) is 9.59 Å². The molecule has 1 aliphatic heterocycles. The van der Waals surface area contributed by atoms with Crippen molar-refractivity contribution in [2.24, 2.45) is 0 Å². The maximum Gasteiger partial charge on any atom is 0.412 e. The molecule has 120 valence electrons. The highest BCUT2D eigenvalue weighted by Crippen LogP contribution is 2.47. The van der Waals surface area contributed by atoms with E-state index < -0.39 is 28.6 Å². The largest absolute Gasteiger partial charge is 0.480 e. The van der Waals surface area contributed by atoms with Crippen LogP contribution in [-0.2, 0) is 14.4 Å². The van der Waals surface area contributed by atoms with Crippen molar-refractivity contribution in [1.82, 2.24) is 9.88 Å². The van der Waals surface area contributed by atoms with Crippen LogP contribution in [0.25, 0.3) is 0 Å². The second-order valence-electron chi connectivity index (χ2n) is 6.24. The molecule has 2 unspecified atom stereocenters. The van der Waals surface area contributed by atoms with E-state index >= 15 is 0 Å². The van der Waals surface area contributed by atoms with Gasteiger partial charge in [-0.1, -0.05) is 6.07 Å². The van der Waals surface area contributed by atoms with E-state index in [4.69, 9.17) is 4.74 Å². The van der Waals surface area contributed by atoms with E-state index in [9.17, 15) is 14.7 Å². The minimum atomic E-state index is -1.04. The summed E-state index contributed by atoms with van der Waals surface area (Å²) in [6, 6.07) is 2.68.